The molecule has 2 atom stereocenters. The van der Waals surface area contributed by atoms with Crippen LogP contribution in [0.15, 0.2) is 0 Å². The standard InChI is InChI=1S/C11H19NO2/c13-11(14)8-3-1-6-10(7-8)12-9-4-2-5-9/h8-10,12H,1-7H2,(H,13,14). The van der Waals surface area contributed by atoms with Crippen molar-refractivity contribution in [2.45, 2.75) is 57.0 Å². The molecule has 0 aromatic rings. The highest BCUT2D eigenvalue weighted by atomic mass is 16.4. The summed E-state index contributed by atoms with van der Waals surface area (Å²) < 4.78 is 0. The maximum absolute atomic E-state index is 10.8. The average Bonchev–Trinajstić information content (AvgIpc) is 2.12. The highest BCUT2D eigenvalue weighted by Gasteiger charge is 2.29. The second kappa shape index (κ2) is 4.30. The molecule has 2 fully saturated rings. The molecular formula is C11H19NO2. The Balaban J connectivity index is 1.78. The quantitative estimate of drug-likeness (QED) is 0.725. The fourth-order valence-electron chi connectivity index (χ4n) is 2.47. The molecule has 0 spiro atoms. The number of rotatable bonds is 3. The predicted molar refractivity (Wildman–Crippen MR) is 54.2 cm³/mol. The van der Waals surface area contributed by atoms with Crippen LogP contribution in [0, 0.1) is 5.92 Å². The number of carboxylic acid groups (broad SMARTS) is 1. The van der Waals surface area contributed by atoms with Crippen LogP contribution in [0.3, 0.4) is 0 Å². The molecule has 14 heavy (non-hydrogen) atoms. The summed E-state index contributed by atoms with van der Waals surface area (Å²) in [6.45, 7) is 0. The predicted octanol–water partition coefficient (Wildman–Crippen LogP) is 1.77. The molecule has 2 aliphatic carbocycles. The van der Waals surface area contributed by atoms with E-state index in [4.69, 9.17) is 5.11 Å². The van der Waals surface area contributed by atoms with Crippen LogP contribution in [0.4, 0.5) is 0 Å². The van der Waals surface area contributed by atoms with Crippen molar-refractivity contribution in [2.24, 2.45) is 5.92 Å². The van der Waals surface area contributed by atoms with Crippen molar-refractivity contribution in [3.05, 3.63) is 0 Å². The van der Waals surface area contributed by atoms with Crippen molar-refractivity contribution < 1.29 is 9.90 Å². The van der Waals surface area contributed by atoms with E-state index in [1.54, 1.807) is 0 Å². The van der Waals surface area contributed by atoms with Gasteiger partial charge in [0.1, 0.15) is 0 Å². The molecule has 3 heteroatoms. The lowest BCUT2D eigenvalue weighted by atomic mass is 9.84. The third-order valence-corrected chi connectivity index (χ3v) is 3.60. The first-order valence-electron chi connectivity index (χ1n) is 5.74. The van der Waals surface area contributed by atoms with Crippen molar-refractivity contribution in [3.63, 3.8) is 0 Å². The number of carbonyl (C=O) groups is 1. The van der Waals surface area contributed by atoms with Crippen LogP contribution in [0.5, 0.6) is 0 Å². The van der Waals surface area contributed by atoms with E-state index in [-0.39, 0.29) is 5.92 Å². The zero-order valence-electron chi connectivity index (χ0n) is 8.54. The van der Waals surface area contributed by atoms with E-state index < -0.39 is 5.97 Å². The van der Waals surface area contributed by atoms with Gasteiger partial charge in [0, 0.05) is 12.1 Å². The zero-order valence-corrected chi connectivity index (χ0v) is 8.54. The van der Waals surface area contributed by atoms with Gasteiger partial charge >= 0.3 is 5.97 Å². The van der Waals surface area contributed by atoms with Crippen LogP contribution in [0.1, 0.15) is 44.9 Å². The summed E-state index contributed by atoms with van der Waals surface area (Å²) in [6, 6.07) is 1.16. The van der Waals surface area contributed by atoms with Crippen LogP contribution in [-0.2, 0) is 4.79 Å². The molecule has 0 aliphatic heterocycles. The van der Waals surface area contributed by atoms with Gasteiger partial charge in [-0.3, -0.25) is 4.79 Å². The molecule has 2 unspecified atom stereocenters. The lowest BCUT2D eigenvalue weighted by molar-refractivity contribution is -0.143. The van der Waals surface area contributed by atoms with Crippen molar-refractivity contribution in [1.29, 1.82) is 0 Å². The molecular weight excluding hydrogens is 178 g/mol. The fourth-order valence-corrected chi connectivity index (χ4v) is 2.47. The maximum atomic E-state index is 10.8. The Morgan fingerprint density at radius 1 is 1.07 bits per heavy atom. The normalized spacial score (nSPS) is 33.7. The van der Waals surface area contributed by atoms with Crippen molar-refractivity contribution >= 4 is 5.97 Å². The summed E-state index contributed by atoms with van der Waals surface area (Å²) in [6.07, 6.45) is 7.86. The van der Waals surface area contributed by atoms with Crippen LogP contribution in [0.2, 0.25) is 0 Å². The Hall–Kier alpha value is -0.570. The summed E-state index contributed by atoms with van der Waals surface area (Å²) in [5.74, 6) is -0.702. The van der Waals surface area contributed by atoms with Gasteiger partial charge in [0.05, 0.1) is 5.92 Å². The first-order chi connectivity index (χ1) is 6.75. The Labute approximate surface area is 84.9 Å². The van der Waals surface area contributed by atoms with Gasteiger partial charge in [-0.05, 0) is 32.1 Å². The van der Waals surface area contributed by atoms with E-state index in [2.05, 4.69) is 5.32 Å². The van der Waals surface area contributed by atoms with E-state index >= 15 is 0 Å². The second-order valence-electron chi connectivity index (χ2n) is 4.69. The summed E-state index contributed by atoms with van der Waals surface area (Å²) in [5, 5.41) is 12.5. The summed E-state index contributed by atoms with van der Waals surface area (Å²) in [4.78, 5) is 10.8. The molecule has 0 amide bonds. The van der Waals surface area contributed by atoms with Crippen LogP contribution >= 0.6 is 0 Å². The molecule has 2 aliphatic rings. The number of nitrogens with one attached hydrogen (secondary N) is 1. The Morgan fingerprint density at radius 2 is 1.71 bits per heavy atom. The smallest absolute Gasteiger partial charge is 0.306 e. The molecule has 3 nitrogen and oxygen atoms in total. The van der Waals surface area contributed by atoms with Crippen molar-refractivity contribution in [1.82, 2.24) is 5.32 Å². The molecule has 0 saturated heterocycles. The number of aliphatic carboxylic acids is 1. The fraction of sp³-hybridized carbons (Fsp3) is 0.909. The van der Waals surface area contributed by atoms with Gasteiger partial charge in [0.15, 0.2) is 0 Å². The number of carboxylic acids is 1. The molecule has 0 bridgehead atoms. The minimum absolute atomic E-state index is 0.0960. The van der Waals surface area contributed by atoms with E-state index in [1.165, 1.54) is 25.7 Å². The second-order valence-corrected chi connectivity index (χ2v) is 4.69. The van der Waals surface area contributed by atoms with E-state index in [0.717, 1.165) is 19.3 Å². The van der Waals surface area contributed by atoms with Gasteiger partial charge in [0.2, 0.25) is 0 Å². The van der Waals surface area contributed by atoms with E-state index in [9.17, 15) is 4.79 Å². The first kappa shape index (κ1) is 9.97. The topological polar surface area (TPSA) is 49.3 Å². The first-order valence-corrected chi connectivity index (χ1v) is 5.74. The van der Waals surface area contributed by atoms with Gasteiger partial charge < -0.3 is 10.4 Å². The lowest BCUT2D eigenvalue weighted by Gasteiger charge is -2.35. The minimum Gasteiger partial charge on any atom is -0.481 e. The van der Waals surface area contributed by atoms with E-state index in [0.29, 0.717) is 12.1 Å². The molecule has 80 valence electrons. The molecule has 0 aromatic heterocycles. The van der Waals surface area contributed by atoms with Gasteiger partial charge in [-0.25, -0.2) is 0 Å². The molecule has 0 radical (unpaired) electrons. The monoisotopic (exact) mass is 197 g/mol. The van der Waals surface area contributed by atoms with E-state index in [1.807, 2.05) is 0 Å². The molecule has 0 heterocycles. The summed E-state index contributed by atoms with van der Waals surface area (Å²) in [5.41, 5.74) is 0. The lowest BCUT2D eigenvalue weighted by Crippen LogP contribution is -2.45. The van der Waals surface area contributed by atoms with Gasteiger partial charge in [0.25, 0.3) is 0 Å². The van der Waals surface area contributed by atoms with Gasteiger partial charge in [-0.15, -0.1) is 0 Å². The molecule has 0 aromatic carbocycles. The Kier molecular flexibility index (Phi) is 3.06. The Bertz CT molecular complexity index is 213. The maximum Gasteiger partial charge on any atom is 0.306 e. The molecule has 2 saturated carbocycles. The van der Waals surface area contributed by atoms with Gasteiger partial charge in [-0.1, -0.05) is 12.8 Å². The summed E-state index contributed by atoms with van der Waals surface area (Å²) in [7, 11) is 0. The molecule has 2 N–H and O–H groups in total. The highest BCUT2D eigenvalue weighted by molar-refractivity contribution is 5.70. The van der Waals surface area contributed by atoms with Crippen molar-refractivity contribution in [2.75, 3.05) is 0 Å². The van der Waals surface area contributed by atoms with Crippen LogP contribution < -0.4 is 5.32 Å². The largest absolute Gasteiger partial charge is 0.481 e. The number of hydrogen-bond acceptors (Lipinski definition) is 2. The van der Waals surface area contributed by atoms with Crippen LogP contribution in [0.25, 0.3) is 0 Å². The van der Waals surface area contributed by atoms with Crippen LogP contribution in [-0.4, -0.2) is 23.2 Å². The SMILES string of the molecule is O=C(O)C1CCCC(NC2CCC2)C1. The average molecular weight is 197 g/mol. The molecule has 2 rings (SSSR count). The third kappa shape index (κ3) is 2.27. The Morgan fingerprint density at radius 3 is 2.29 bits per heavy atom. The zero-order chi connectivity index (χ0) is 9.97. The highest BCUT2D eigenvalue weighted by Crippen LogP contribution is 2.27. The van der Waals surface area contributed by atoms with Gasteiger partial charge in [-0.2, -0.15) is 0 Å². The minimum atomic E-state index is -0.606. The summed E-state index contributed by atoms with van der Waals surface area (Å²) >= 11 is 0. The number of hydrogen-bond donors (Lipinski definition) is 2. The van der Waals surface area contributed by atoms with Crippen molar-refractivity contribution in [3.8, 4) is 0 Å². The third-order valence-electron chi connectivity index (χ3n) is 3.60.